The van der Waals surface area contributed by atoms with Crippen molar-refractivity contribution in [2.45, 2.75) is 33.4 Å². The van der Waals surface area contributed by atoms with Crippen LogP contribution in [0.2, 0.25) is 0 Å². The smallest absolute Gasteiger partial charge is 0.319 e. The Morgan fingerprint density at radius 3 is 2.61 bits per heavy atom. The Kier molecular flexibility index (Phi) is 5.57. The van der Waals surface area contributed by atoms with E-state index in [4.69, 9.17) is 4.74 Å². The lowest BCUT2D eigenvalue weighted by Crippen LogP contribution is -2.28. The molecule has 2 aromatic rings. The van der Waals surface area contributed by atoms with Crippen LogP contribution in [0.5, 0.6) is 5.75 Å². The minimum Gasteiger partial charge on any atom is -0.491 e. The van der Waals surface area contributed by atoms with Crippen molar-refractivity contribution in [2.24, 2.45) is 0 Å². The molecule has 0 aliphatic rings. The van der Waals surface area contributed by atoms with Crippen LogP contribution >= 0.6 is 0 Å². The summed E-state index contributed by atoms with van der Waals surface area (Å²) in [5, 5.41) is 5.21. The van der Waals surface area contributed by atoms with Crippen LogP contribution < -0.4 is 15.4 Å². The maximum Gasteiger partial charge on any atom is 0.319 e. The number of aryl methyl sites for hydroxylation is 1. The first kappa shape index (κ1) is 16.8. The van der Waals surface area contributed by atoms with Crippen LogP contribution in [0.25, 0.3) is 0 Å². The molecule has 0 atom stereocenters. The van der Waals surface area contributed by atoms with Gasteiger partial charge in [0.25, 0.3) is 0 Å². The van der Waals surface area contributed by atoms with Gasteiger partial charge in [-0.3, -0.25) is 0 Å². The molecule has 2 N–H and O–H groups in total. The number of anilines is 1. The zero-order valence-electron chi connectivity index (χ0n) is 13.5. The van der Waals surface area contributed by atoms with Gasteiger partial charge in [-0.1, -0.05) is 24.3 Å². The second-order valence-electron chi connectivity index (χ2n) is 5.54. The van der Waals surface area contributed by atoms with Crippen molar-refractivity contribution in [3.05, 3.63) is 59.4 Å². The zero-order valence-corrected chi connectivity index (χ0v) is 13.5. The van der Waals surface area contributed by atoms with E-state index in [0.29, 0.717) is 12.3 Å². The quantitative estimate of drug-likeness (QED) is 0.866. The van der Waals surface area contributed by atoms with E-state index in [0.717, 1.165) is 11.1 Å². The van der Waals surface area contributed by atoms with Crippen LogP contribution in [0.3, 0.4) is 0 Å². The summed E-state index contributed by atoms with van der Waals surface area (Å²) < 4.78 is 19.4. The Morgan fingerprint density at radius 2 is 1.96 bits per heavy atom. The SMILES string of the molecule is Cc1ccccc1CNC(=O)Nc1ccc(OC(C)C)cc1F. The fourth-order valence-electron chi connectivity index (χ4n) is 2.09. The van der Waals surface area contributed by atoms with E-state index < -0.39 is 11.8 Å². The van der Waals surface area contributed by atoms with E-state index in [1.54, 1.807) is 6.07 Å². The molecule has 4 nitrogen and oxygen atoms in total. The van der Waals surface area contributed by atoms with Gasteiger partial charge in [-0.05, 0) is 44.0 Å². The summed E-state index contributed by atoms with van der Waals surface area (Å²) >= 11 is 0. The maximum absolute atomic E-state index is 14.0. The van der Waals surface area contributed by atoms with Crippen LogP contribution in [0.4, 0.5) is 14.9 Å². The second kappa shape index (κ2) is 7.63. The van der Waals surface area contributed by atoms with Crippen molar-refractivity contribution in [1.82, 2.24) is 5.32 Å². The van der Waals surface area contributed by atoms with Crippen LogP contribution in [0.1, 0.15) is 25.0 Å². The molecule has 0 bridgehead atoms. The Hall–Kier alpha value is -2.56. The number of urea groups is 1. The number of carbonyl (C=O) groups is 1. The lowest BCUT2D eigenvalue weighted by atomic mass is 10.1. The molecule has 2 amide bonds. The highest BCUT2D eigenvalue weighted by molar-refractivity contribution is 5.89. The number of ether oxygens (including phenoxy) is 1. The summed E-state index contributed by atoms with van der Waals surface area (Å²) in [7, 11) is 0. The third kappa shape index (κ3) is 4.98. The van der Waals surface area contributed by atoms with Crippen molar-refractivity contribution in [1.29, 1.82) is 0 Å². The number of rotatable bonds is 5. The Bertz CT molecular complexity index is 686. The number of benzene rings is 2. The van der Waals surface area contributed by atoms with Crippen LogP contribution in [-0.2, 0) is 6.54 Å². The average Bonchev–Trinajstić information content (AvgIpc) is 2.49. The van der Waals surface area contributed by atoms with Crippen molar-refractivity contribution in [2.75, 3.05) is 5.32 Å². The van der Waals surface area contributed by atoms with Crippen LogP contribution in [0.15, 0.2) is 42.5 Å². The van der Waals surface area contributed by atoms with Gasteiger partial charge in [-0.25, -0.2) is 9.18 Å². The number of carbonyl (C=O) groups excluding carboxylic acids is 1. The Morgan fingerprint density at radius 1 is 1.22 bits per heavy atom. The molecule has 0 unspecified atom stereocenters. The molecule has 0 aromatic heterocycles. The van der Waals surface area contributed by atoms with E-state index >= 15 is 0 Å². The highest BCUT2D eigenvalue weighted by Crippen LogP contribution is 2.21. The number of hydrogen-bond acceptors (Lipinski definition) is 2. The highest BCUT2D eigenvalue weighted by atomic mass is 19.1. The van der Waals surface area contributed by atoms with Gasteiger partial charge >= 0.3 is 6.03 Å². The third-order valence-corrected chi connectivity index (χ3v) is 3.26. The summed E-state index contributed by atoms with van der Waals surface area (Å²) in [4.78, 5) is 11.9. The molecule has 23 heavy (non-hydrogen) atoms. The van der Waals surface area contributed by atoms with E-state index in [9.17, 15) is 9.18 Å². The van der Waals surface area contributed by atoms with Gasteiger partial charge < -0.3 is 15.4 Å². The van der Waals surface area contributed by atoms with Gasteiger partial charge in [0.1, 0.15) is 11.6 Å². The highest BCUT2D eigenvalue weighted by Gasteiger charge is 2.09. The number of nitrogens with one attached hydrogen (secondary N) is 2. The molecule has 0 saturated heterocycles. The van der Waals surface area contributed by atoms with Gasteiger partial charge in [0.2, 0.25) is 0 Å². The van der Waals surface area contributed by atoms with E-state index in [2.05, 4.69) is 10.6 Å². The minimum absolute atomic E-state index is 0.0365. The normalized spacial score (nSPS) is 10.5. The second-order valence-corrected chi connectivity index (χ2v) is 5.54. The van der Waals surface area contributed by atoms with Gasteiger partial charge in [-0.2, -0.15) is 0 Å². The van der Waals surface area contributed by atoms with Gasteiger partial charge in [0, 0.05) is 12.6 Å². The van der Waals surface area contributed by atoms with Crippen molar-refractivity contribution >= 4 is 11.7 Å². The van der Waals surface area contributed by atoms with E-state index in [1.807, 2.05) is 45.0 Å². The fraction of sp³-hybridized carbons (Fsp3) is 0.278. The molecule has 0 radical (unpaired) electrons. The summed E-state index contributed by atoms with van der Waals surface area (Å²) in [5.41, 5.74) is 2.22. The molecule has 0 aliphatic carbocycles. The standard InChI is InChI=1S/C18H21FN2O2/c1-12(2)23-15-8-9-17(16(19)10-15)21-18(22)20-11-14-7-5-4-6-13(14)3/h4-10,12H,11H2,1-3H3,(H2,20,21,22). The molecular formula is C18H21FN2O2. The number of amides is 2. The number of halogens is 1. The molecule has 122 valence electrons. The molecule has 0 spiro atoms. The summed E-state index contributed by atoms with van der Waals surface area (Å²) in [6.07, 6.45) is -0.0365. The largest absolute Gasteiger partial charge is 0.491 e. The first-order chi connectivity index (χ1) is 11.0. The first-order valence-corrected chi connectivity index (χ1v) is 7.51. The minimum atomic E-state index is -0.533. The maximum atomic E-state index is 14.0. The third-order valence-electron chi connectivity index (χ3n) is 3.26. The molecule has 2 aromatic carbocycles. The molecule has 2 rings (SSSR count). The van der Waals surface area contributed by atoms with Crippen molar-refractivity contribution in [3.8, 4) is 5.75 Å². The first-order valence-electron chi connectivity index (χ1n) is 7.51. The van der Waals surface area contributed by atoms with Gasteiger partial charge in [0.15, 0.2) is 0 Å². The summed E-state index contributed by atoms with van der Waals surface area (Å²) in [5.74, 6) is -0.0995. The monoisotopic (exact) mass is 316 g/mol. The predicted octanol–water partition coefficient (Wildman–Crippen LogP) is 4.24. The van der Waals surface area contributed by atoms with Crippen molar-refractivity contribution < 1.29 is 13.9 Å². The lowest BCUT2D eigenvalue weighted by Gasteiger charge is -2.12. The Labute approximate surface area is 135 Å². The van der Waals surface area contributed by atoms with Crippen molar-refractivity contribution in [3.63, 3.8) is 0 Å². The van der Waals surface area contributed by atoms with Crippen LogP contribution in [0, 0.1) is 12.7 Å². The van der Waals surface area contributed by atoms with E-state index in [1.165, 1.54) is 12.1 Å². The molecular weight excluding hydrogens is 295 g/mol. The van der Waals surface area contributed by atoms with Gasteiger partial charge in [-0.15, -0.1) is 0 Å². The summed E-state index contributed by atoms with van der Waals surface area (Å²) in [6, 6.07) is 11.7. The molecule has 0 heterocycles. The number of hydrogen-bond donors (Lipinski definition) is 2. The average molecular weight is 316 g/mol. The molecule has 0 saturated carbocycles. The Balaban J connectivity index is 1.94. The molecule has 0 aliphatic heterocycles. The van der Waals surface area contributed by atoms with E-state index in [-0.39, 0.29) is 11.8 Å². The van der Waals surface area contributed by atoms with Gasteiger partial charge in [0.05, 0.1) is 11.8 Å². The summed E-state index contributed by atoms with van der Waals surface area (Å²) in [6.45, 7) is 6.09. The lowest BCUT2D eigenvalue weighted by molar-refractivity contribution is 0.241. The fourth-order valence-corrected chi connectivity index (χ4v) is 2.09. The predicted molar refractivity (Wildman–Crippen MR) is 89.2 cm³/mol. The molecule has 5 heteroatoms. The molecule has 0 fully saturated rings. The van der Waals surface area contributed by atoms with Crippen LogP contribution in [-0.4, -0.2) is 12.1 Å². The zero-order chi connectivity index (χ0) is 16.8. The topological polar surface area (TPSA) is 50.4 Å².